The van der Waals surface area contributed by atoms with Crippen LogP contribution >= 0.6 is 0 Å². The van der Waals surface area contributed by atoms with Gasteiger partial charge in [-0.1, -0.05) is 13.3 Å². The van der Waals surface area contributed by atoms with Crippen LogP contribution in [0.4, 0.5) is 0 Å². The van der Waals surface area contributed by atoms with Crippen LogP contribution in [0.3, 0.4) is 0 Å². The first-order chi connectivity index (χ1) is 7.83. The largest absolute Gasteiger partial charge is 0.316 e. The number of nitrogens with zero attached hydrogens (tertiary/aromatic N) is 1. The number of aryl methyl sites for hydroxylation is 1. The Labute approximate surface area is 98.5 Å². The first-order valence-electron chi connectivity index (χ1n) is 6.44. The van der Waals surface area contributed by atoms with Crippen molar-refractivity contribution in [1.82, 2.24) is 10.3 Å². The number of hydrogen-bond acceptors (Lipinski definition) is 2. The van der Waals surface area contributed by atoms with Gasteiger partial charge in [-0.3, -0.25) is 4.98 Å². The van der Waals surface area contributed by atoms with Gasteiger partial charge in [0.1, 0.15) is 0 Å². The van der Waals surface area contributed by atoms with E-state index in [9.17, 15) is 0 Å². The highest BCUT2D eigenvalue weighted by Crippen LogP contribution is 2.34. The molecule has 0 aliphatic carbocycles. The fraction of sp³-hybridized carbons (Fsp3) is 0.643. The van der Waals surface area contributed by atoms with Crippen LogP contribution in [-0.4, -0.2) is 18.1 Å². The highest BCUT2D eigenvalue weighted by atomic mass is 14.9. The quantitative estimate of drug-likeness (QED) is 0.844. The van der Waals surface area contributed by atoms with Crippen molar-refractivity contribution in [3.8, 4) is 0 Å². The second-order valence-electron chi connectivity index (χ2n) is 4.88. The molecule has 2 heteroatoms. The Morgan fingerprint density at radius 3 is 3.12 bits per heavy atom. The van der Waals surface area contributed by atoms with Crippen LogP contribution in [0.15, 0.2) is 18.5 Å². The summed E-state index contributed by atoms with van der Waals surface area (Å²) in [5, 5.41) is 3.52. The molecule has 1 N–H and O–H groups in total. The van der Waals surface area contributed by atoms with Crippen LogP contribution in [-0.2, 0) is 0 Å². The predicted molar refractivity (Wildman–Crippen MR) is 67.6 cm³/mol. The Balaban J connectivity index is 2.19. The van der Waals surface area contributed by atoms with Gasteiger partial charge in [-0.25, -0.2) is 0 Å². The van der Waals surface area contributed by atoms with Gasteiger partial charge in [0.2, 0.25) is 0 Å². The number of rotatable bonds is 3. The van der Waals surface area contributed by atoms with Crippen LogP contribution in [0.25, 0.3) is 0 Å². The summed E-state index contributed by atoms with van der Waals surface area (Å²) in [5.74, 6) is 1.51. The zero-order valence-corrected chi connectivity index (χ0v) is 10.4. The number of hydrogen-bond donors (Lipinski definition) is 1. The molecule has 1 saturated heterocycles. The molecule has 0 radical (unpaired) electrons. The van der Waals surface area contributed by atoms with E-state index in [4.69, 9.17) is 0 Å². The average molecular weight is 218 g/mol. The lowest BCUT2D eigenvalue weighted by atomic mass is 9.78. The molecule has 2 unspecified atom stereocenters. The zero-order chi connectivity index (χ0) is 11.4. The molecule has 1 aromatic heterocycles. The van der Waals surface area contributed by atoms with E-state index in [1.54, 1.807) is 0 Å². The third-order valence-corrected chi connectivity index (χ3v) is 3.75. The van der Waals surface area contributed by atoms with E-state index >= 15 is 0 Å². The predicted octanol–water partition coefficient (Wildman–Crippen LogP) is 2.88. The van der Waals surface area contributed by atoms with Gasteiger partial charge in [0.15, 0.2) is 0 Å². The third kappa shape index (κ3) is 2.43. The van der Waals surface area contributed by atoms with E-state index < -0.39 is 0 Å². The van der Waals surface area contributed by atoms with Crippen LogP contribution in [0, 0.1) is 12.8 Å². The van der Waals surface area contributed by atoms with Crippen molar-refractivity contribution in [2.45, 2.75) is 39.0 Å². The summed E-state index contributed by atoms with van der Waals surface area (Å²) in [5.41, 5.74) is 2.88. The number of pyridine rings is 1. The zero-order valence-electron chi connectivity index (χ0n) is 10.4. The highest BCUT2D eigenvalue weighted by Gasteiger charge is 2.26. The Morgan fingerprint density at radius 2 is 2.38 bits per heavy atom. The van der Waals surface area contributed by atoms with Crippen molar-refractivity contribution in [1.29, 1.82) is 0 Å². The Morgan fingerprint density at radius 1 is 1.50 bits per heavy atom. The molecule has 1 aromatic rings. The molecule has 1 aliphatic heterocycles. The van der Waals surface area contributed by atoms with Crippen molar-refractivity contribution in [2.24, 2.45) is 5.92 Å². The van der Waals surface area contributed by atoms with E-state index in [1.807, 2.05) is 6.20 Å². The Kier molecular flexibility index (Phi) is 3.94. The van der Waals surface area contributed by atoms with Crippen LogP contribution in [0.2, 0.25) is 0 Å². The molecule has 0 saturated carbocycles. The molecule has 2 nitrogen and oxygen atoms in total. The first kappa shape index (κ1) is 11.6. The fourth-order valence-corrected chi connectivity index (χ4v) is 2.87. The Hall–Kier alpha value is -0.890. The average Bonchev–Trinajstić information content (AvgIpc) is 2.31. The van der Waals surface area contributed by atoms with E-state index in [0.717, 1.165) is 18.4 Å². The van der Waals surface area contributed by atoms with Crippen molar-refractivity contribution in [2.75, 3.05) is 13.1 Å². The molecule has 16 heavy (non-hydrogen) atoms. The molecule has 1 aliphatic rings. The van der Waals surface area contributed by atoms with Gasteiger partial charge in [0.25, 0.3) is 0 Å². The second kappa shape index (κ2) is 5.44. The molecular weight excluding hydrogens is 196 g/mol. The maximum absolute atomic E-state index is 4.29. The van der Waals surface area contributed by atoms with Gasteiger partial charge in [-0.05, 0) is 61.9 Å². The minimum atomic E-state index is 0.717. The van der Waals surface area contributed by atoms with Crippen molar-refractivity contribution >= 4 is 0 Å². The van der Waals surface area contributed by atoms with E-state index in [-0.39, 0.29) is 0 Å². The summed E-state index contributed by atoms with van der Waals surface area (Å²) in [6.45, 7) is 6.82. The topological polar surface area (TPSA) is 24.9 Å². The normalized spacial score (nSPS) is 25.6. The van der Waals surface area contributed by atoms with Gasteiger partial charge in [0, 0.05) is 12.4 Å². The van der Waals surface area contributed by atoms with Gasteiger partial charge in [-0.2, -0.15) is 0 Å². The van der Waals surface area contributed by atoms with Crippen LogP contribution < -0.4 is 5.32 Å². The minimum absolute atomic E-state index is 0.717. The maximum atomic E-state index is 4.29. The molecule has 0 aromatic carbocycles. The Bertz CT molecular complexity index is 333. The summed E-state index contributed by atoms with van der Waals surface area (Å²) in [6.07, 6.45) is 7.84. The van der Waals surface area contributed by atoms with E-state index in [0.29, 0.717) is 0 Å². The maximum Gasteiger partial charge on any atom is 0.0305 e. The van der Waals surface area contributed by atoms with Crippen molar-refractivity contribution in [3.05, 3.63) is 29.6 Å². The first-order valence-corrected chi connectivity index (χ1v) is 6.44. The number of nitrogens with one attached hydrogen (secondary N) is 1. The van der Waals surface area contributed by atoms with Crippen LogP contribution in [0.1, 0.15) is 43.2 Å². The lowest BCUT2D eigenvalue weighted by molar-refractivity contribution is 0.305. The molecule has 2 rings (SSSR count). The summed E-state index contributed by atoms with van der Waals surface area (Å²) < 4.78 is 0. The molecule has 0 bridgehead atoms. The summed E-state index contributed by atoms with van der Waals surface area (Å²) in [4.78, 5) is 4.29. The van der Waals surface area contributed by atoms with Gasteiger partial charge >= 0.3 is 0 Å². The van der Waals surface area contributed by atoms with E-state index in [1.165, 1.54) is 36.9 Å². The van der Waals surface area contributed by atoms with Gasteiger partial charge in [-0.15, -0.1) is 0 Å². The molecule has 1 fully saturated rings. The monoisotopic (exact) mass is 218 g/mol. The highest BCUT2D eigenvalue weighted by molar-refractivity contribution is 5.26. The second-order valence-corrected chi connectivity index (χ2v) is 4.88. The third-order valence-electron chi connectivity index (χ3n) is 3.75. The molecule has 2 heterocycles. The lowest BCUT2D eigenvalue weighted by Gasteiger charge is -2.33. The van der Waals surface area contributed by atoms with Gasteiger partial charge in [0.05, 0.1) is 0 Å². The summed E-state index contributed by atoms with van der Waals surface area (Å²) in [6, 6.07) is 2.14. The number of piperidine rings is 1. The molecule has 0 spiro atoms. The molecule has 2 atom stereocenters. The molecule has 88 valence electrons. The smallest absolute Gasteiger partial charge is 0.0305 e. The summed E-state index contributed by atoms with van der Waals surface area (Å²) in [7, 11) is 0. The van der Waals surface area contributed by atoms with Crippen molar-refractivity contribution in [3.63, 3.8) is 0 Å². The minimum Gasteiger partial charge on any atom is -0.316 e. The summed E-state index contributed by atoms with van der Waals surface area (Å²) >= 11 is 0. The van der Waals surface area contributed by atoms with Gasteiger partial charge < -0.3 is 5.32 Å². The number of aromatic nitrogens is 1. The lowest BCUT2D eigenvalue weighted by Crippen LogP contribution is -2.35. The molecule has 0 amide bonds. The SMILES string of the molecule is CCCC1CNCCC1c1cnccc1C. The van der Waals surface area contributed by atoms with Crippen molar-refractivity contribution < 1.29 is 0 Å². The van der Waals surface area contributed by atoms with E-state index in [2.05, 4.69) is 36.4 Å². The standard InChI is InChI=1S/C14H22N2/c1-3-4-12-9-15-8-6-13(12)14-10-16-7-5-11(14)2/h5,7,10,12-13,15H,3-4,6,8-9H2,1-2H3. The fourth-order valence-electron chi connectivity index (χ4n) is 2.87. The molecular formula is C14H22N2. The van der Waals surface area contributed by atoms with Crippen LogP contribution in [0.5, 0.6) is 0 Å².